The van der Waals surface area contributed by atoms with Gasteiger partial charge in [0.15, 0.2) is 0 Å². The van der Waals surface area contributed by atoms with Gasteiger partial charge < -0.3 is 4.90 Å². The average molecular weight is 223 g/mol. The molecule has 0 radical (unpaired) electrons. The molecule has 0 bridgehead atoms. The number of nitriles is 1. The predicted molar refractivity (Wildman–Crippen MR) is 68.2 cm³/mol. The predicted octanol–water partition coefficient (Wildman–Crippen LogP) is 3.03. The van der Waals surface area contributed by atoms with E-state index < -0.39 is 0 Å². The Kier molecular flexibility index (Phi) is 3.06. The molecular formula is C14H13N3. The van der Waals surface area contributed by atoms with Gasteiger partial charge in [0.2, 0.25) is 0 Å². The summed E-state index contributed by atoms with van der Waals surface area (Å²) in [6.45, 7) is 2.06. The molecule has 0 saturated carbocycles. The second kappa shape index (κ2) is 4.67. The lowest BCUT2D eigenvalue weighted by molar-refractivity contribution is 1.11. The molecule has 0 N–H and O–H groups in total. The van der Waals surface area contributed by atoms with E-state index in [2.05, 4.69) is 24.0 Å². The number of para-hydroxylation sites is 1. The average Bonchev–Trinajstić information content (AvgIpc) is 2.38. The van der Waals surface area contributed by atoms with Crippen molar-refractivity contribution in [3.8, 4) is 6.07 Å². The van der Waals surface area contributed by atoms with E-state index in [1.165, 1.54) is 5.56 Å². The van der Waals surface area contributed by atoms with Crippen LogP contribution in [0.25, 0.3) is 0 Å². The standard InChI is InChI=1S/C14H13N3/c1-11-5-3-4-6-13(11)17(2)14-9-12(10-15)7-8-16-14/h3-9H,1-2H3. The van der Waals surface area contributed by atoms with Gasteiger partial charge in [-0.05, 0) is 30.7 Å². The highest BCUT2D eigenvalue weighted by Crippen LogP contribution is 2.24. The Morgan fingerprint density at radius 2 is 2.00 bits per heavy atom. The SMILES string of the molecule is Cc1ccccc1N(C)c1cc(C#N)ccn1. The van der Waals surface area contributed by atoms with E-state index >= 15 is 0 Å². The minimum absolute atomic E-state index is 0.621. The third-order valence-corrected chi connectivity index (χ3v) is 2.70. The number of hydrogen-bond donors (Lipinski definition) is 0. The van der Waals surface area contributed by atoms with Crippen molar-refractivity contribution in [2.75, 3.05) is 11.9 Å². The van der Waals surface area contributed by atoms with Crippen LogP contribution in [0.5, 0.6) is 0 Å². The molecule has 3 nitrogen and oxygen atoms in total. The van der Waals surface area contributed by atoms with Crippen molar-refractivity contribution in [1.82, 2.24) is 4.98 Å². The van der Waals surface area contributed by atoms with Crippen molar-refractivity contribution in [2.24, 2.45) is 0 Å². The van der Waals surface area contributed by atoms with Crippen LogP contribution in [0.2, 0.25) is 0 Å². The molecule has 1 aromatic heterocycles. The quantitative estimate of drug-likeness (QED) is 0.785. The van der Waals surface area contributed by atoms with Gasteiger partial charge in [-0.2, -0.15) is 5.26 Å². The molecule has 0 aliphatic carbocycles. The van der Waals surface area contributed by atoms with Crippen LogP contribution in [0.3, 0.4) is 0 Å². The second-order valence-electron chi connectivity index (χ2n) is 3.86. The maximum atomic E-state index is 8.87. The summed E-state index contributed by atoms with van der Waals surface area (Å²) in [6.07, 6.45) is 1.66. The molecule has 1 heterocycles. The molecule has 0 aliphatic rings. The first-order valence-electron chi connectivity index (χ1n) is 5.38. The van der Waals surface area contributed by atoms with E-state index in [1.54, 1.807) is 18.3 Å². The Balaban J connectivity index is 2.41. The van der Waals surface area contributed by atoms with Crippen molar-refractivity contribution in [3.63, 3.8) is 0 Å². The van der Waals surface area contributed by atoms with E-state index in [9.17, 15) is 0 Å². The van der Waals surface area contributed by atoms with Crippen LogP contribution >= 0.6 is 0 Å². The molecule has 0 fully saturated rings. The molecule has 2 rings (SSSR count). The Hall–Kier alpha value is -2.34. The van der Waals surface area contributed by atoms with Gasteiger partial charge in [-0.25, -0.2) is 4.98 Å². The number of hydrogen-bond acceptors (Lipinski definition) is 3. The van der Waals surface area contributed by atoms with Crippen LogP contribution in [0, 0.1) is 18.3 Å². The minimum atomic E-state index is 0.621. The zero-order valence-electron chi connectivity index (χ0n) is 9.88. The van der Waals surface area contributed by atoms with Gasteiger partial charge in [-0.3, -0.25) is 0 Å². The molecule has 3 heteroatoms. The second-order valence-corrected chi connectivity index (χ2v) is 3.86. The molecule has 0 aliphatic heterocycles. The zero-order valence-corrected chi connectivity index (χ0v) is 9.88. The normalized spacial score (nSPS) is 9.71. The number of anilines is 2. The van der Waals surface area contributed by atoms with Gasteiger partial charge in [-0.1, -0.05) is 18.2 Å². The van der Waals surface area contributed by atoms with Crippen LogP contribution in [0.1, 0.15) is 11.1 Å². The Bertz CT molecular complexity index is 570. The molecule has 0 amide bonds. The molecule has 2 aromatic rings. The third-order valence-electron chi connectivity index (χ3n) is 2.70. The molecule has 1 aromatic carbocycles. The van der Waals surface area contributed by atoms with E-state index in [0.717, 1.165) is 11.5 Å². The van der Waals surface area contributed by atoms with Crippen molar-refractivity contribution in [3.05, 3.63) is 53.7 Å². The summed E-state index contributed by atoms with van der Waals surface area (Å²) in [5.41, 5.74) is 2.89. The van der Waals surface area contributed by atoms with Gasteiger partial charge in [0.25, 0.3) is 0 Å². The highest BCUT2D eigenvalue weighted by molar-refractivity contribution is 5.63. The van der Waals surface area contributed by atoms with Gasteiger partial charge in [0.1, 0.15) is 5.82 Å². The smallest absolute Gasteiger partial charge is 0.133 e. The molecule has 0 saturated heterocycles. The lowest BCUT2D eigenvalue weighted by Gasteiger charge is -2.20. The maximum absolute atomic E-state index is 8.87. The molecule has 17 heavy (non-hydrogen) atoms. The Labute approximate surface area is 101 Å². The molecule has 0 unspecified atom stereocenters. The first-order chi connectivity index (χ1) is 8.22. The summed E-state index contributed by atoms with van der Waals surface area (Å²) in [5, 5.41) is 8.87. The van der Waals surface area contributed by atoms with E-state index in [-0.39, 0.29) is 0 Å². The van der Waals surface area contributed by atoms with E-state index in [1.807, 2.05) is 30.1 Å². The van der Waals surface area contributed by atoms with Crippen molar-refractivity contribution < 1.29 is 0 Å². The highest BCUT2D eigenvalue weighted by atomic mass is 15.2. The highest BCUT2D eigenvalue weighted by Gasteiger charge is 2.07. The van der Waals surface area contributed by atoms with Crippen LogP contribution in [-0.4, -0.2) is 12.0 Å². The van der Waals surface area contributed by atoms with Crippen LogP contribution < -0.4 is 4.90 Å². The van der Waals surface area contributed by atoms with Crippen molar-refractivity contribution >= 4 is 11.5 Å². The summed E-state index contributed by atoms with van der Waals surface area (Å²) in [6, 6.07) is 13.7. The number of rotatable bonds is 2. The zero-order chi connectivity index (χ0) is 12.3. The number of nitrogens with zero attached hydrogens (tertiary/aromatic N) is 3. The van der Waals surface area contributed by atoms with Crippen molar-refractivity contribution in [2.45, 2.75) is 6.92 Å². The largest absolute Gasteiger partial charge is 0.329 e. The van der Waals surface area contributed by atoms with Gasteiger partial charge in [0, 0.05) is 18.9 Å². The number of benzene rings is 1. The topological polar surface area (TPSA) is 39.9 Å². The fourth-order valence-corrected chi connectivity index (χ4v) is 1.73. The molecule has 0 atom stereocenters. The van der Waals surface area contributed by atoms with Gasteiger partial charge in [-0.15, -0.1) is 0 Å². The van der Waals surface area contributed by atoms with E-state index in [4.69, 9.17) is 5.26 Å². The monoisotopic (exact) mass is 223 g/mol. The van der Waals surface area contributed by atoms with Crippen molar-refractivity contribution in [1.29, 1.82) is 5.26 Å². The number of pyridine rings is 1. The van der Waals surface area contributed by atoms with Crippen LogP contribution in [0.15, 0.2) is 42.6 Å². The Morgan fingerprint density at radius 3 is 2.71 bits per heavy atom. The molecule has 84 valence electrons. The van der Waals surface area contributed by atoms with Crippen LogP contribution in [-0.2, 0) is 0 Å². The Morgan fingerprint density at radius 1 is 1.24 bits per heavy atom. The molecular weight excluding hydrogens is 210 g/mol. The first kappa shape index (κ1) is 11.2. The maximum Gasteiger partial charge on any atom is 0.133 e. The molecule has 0 spiro atoms. The summed E-state index contributed by atoms with van der Waals surface area (Å²) in [7, 11) is 1.95. The summed E-state index contributed by atoms with van der Waals surface area (Å²) >= 11 is 0. The number of aromatic nitrogens is 1. The van der Waals surface area contributed by atoms with E-state index in [0.29, 0.717) is 5.56 Å². The minimum Gasteiger partial charge on any atom is -0.329 e. The van der Waals surface area contributed by atoms with Crippen LogP contribution in [0.4, 0.5) is 11.5 Å². The summed E-state index contributed by atoms with van der Waals surface area (Å²) < 4.78 is 0. The fourth-order valence-electron chi connectivity index (χ4n) is 1.73. The lowest BCUT2D eigenvalue weighted by Crippen LogP contribution is -2.12. The summed E-state index contributed by atoms with van der Waals surface area (Å²) in [5.74, 6) is 0.776. The fraction of sp³-hybridized carbons (Fsp3) is 0.143. The summed E-state index contributed by atoms with van der Waals surface area (Å²) in [4.78, 5) is 6.26. The number of aryl methyl sites for hydroxylation is 1. The first-order valence-corrected chi connectivity index (χ1v) is 5.38. The third kappa shape index (κ3) is 2.26. The van der Waals surface area contributed by atoms with Gasteiger partial charge in [0.05, 0.1) is 11.6 Å². The lowest BCUT2D eigenvalue weighted by atomic mass is 10.2. The van der Waals surface area contributed by atoms with Gasteiger partial charge >= 0.3 is 0 Å².